The summed E-state index contributed by atoms with van der Waals surface area (Å²) in [5.41, 5.74) is 1.04. The third-order valence-electron chi connectivity index (χ3n) is 3.72. The molecule has 0 radical (unpaired) electrons. The molecule has 0 saturated carbocycles. The van der Waals surface area contributed by atoms with Crippen LogP contribution in [0.2, 0.25) is 5.15 Å². The number of aromatic nitrogens is 2. The Hall–Kier alpha value is -0.870. The Morgan fingerprint density at radius 1 is 1.37 bits per heavy atom. The second-order valence-corrected chi connectivity index (χ2v) is 5.57. The second-order valence-electron chi connectivity index (χ2n) is 5.21. The Kier molecular flexibility index (Phi) is 5.40. The van der Waals surface area contributed by atoms with Gasteiger partial charge in [0.15, 0.2) is 0 Å². The summed E-state index contributed by atoms with van der Waals surface area (Å²) in [5, 5.41) is 4.02. The number of nitrogens with one attached hydrogen (secondary N) is 1. The van der Waals surface area contributed by atoms with Crippen LogP contribution in [0.3, 0.4) is 0 Å². The van der Waals surface area contributed by atoms with Crippen LogP contribution in [0, 0.1) is 0 Å². The van der Waals surface area contributed by atoms with Gasteiger partial charge in [0.25, 0.3) is 0 Å². The van der Waals surface area contributed by atoms with Crippen LogP contribution in [0.15, 0.2) is 6.33 Å². The van der Waals surface area contributed by atoms with Crippen LogP contribution >= 0.6 is 11.6 Å². The minimum Gasteiger partial charge on any atom is -0.368 e. The summed E-state index contributed by atoms with van der Waals surface area (Å²) in [6, 6.07) is 0.533. The molecular formula is C14H23ClN4. The molecule has 1 saturated heterocycles. The van der Waals surface area contributed by atoms with Crippen LogP contribution in [0.4, 0.5) is 5.82 Å². The molecule has 2 rings (SSSR count). The van der Waals surface area contributed by atoms with E-state index in [2.05, 4.69) is 34.0 Å². The van der Waals surface area contributed by atoms with Crippen molar-refractivity contribution in [3.63, 3.8) is 0 Å². The standard InChI is InChI=1S/C14H23ClN4/c1-3-6-12-13(15)17-10-18-14(12)16-9-11(2)19-7-4-5-8-19/h10-11H,3-9H2,1-2H3,(H,16,17,18). The van der Waals surface area contributed by atoms with E-state index in [4.69, 9.17) is 11.6 Å². The molecule has 106 valence electrons. The SMILES string of the molecule is CCCc1c(Cl)ncnc1NCC(C)N1CCCC1. The highest BCUT2D eigenvalue weighted by atomic mass is 35.5. The molecule has 1 aliphatic heterocycles. The first kappa shape index (κ1) is 14.5. The van der Waals surface area contributed by atoms with Crippen molar-refractivity contribution >= 4 is 17.4 Å². The summed E-state index contributed by atoms with van der Waals surface area (Å²) in [4.78, 5) is 10.9. The summed E-state index contributed by atoms with van der Waals surface area (Å²) < 4.78 is 0. The Morgan fingerprint density at radius 2 is 2.11 bits per heavy atom. The minimum atomic E-state index is 0.533. The van der Waals surface area contributed by atoms with Gasteiger partial charge in [-0.15, -0.1) is 0 Å². The highest BCUT2D eigenvalue weighted by Crippen LogP contribution is 2.21. The van der Waals surface area contributed by atoms with E-state index in [1.54, 1.807) is 0 Å². The zero-order valence-electron chi connectivity index (χ0n) is 11.8. The predicted molar refractivity (Wildman–Crippen MR) is 79.8 cm³/mol. The Bertz CT molecular complexity index is 404. The first-order chi connectivity index (χ1) is 9.22. The van der Waals surface area contributed by atoms with Crippen LogP contribution in [0.1, 0.15) is 38.7 Å². The van der Waals surface area contributed by atoms with Crippen molar-refractivity contribution in [3.8, 4) is 0 Å². The molecule has 1 aliphatic rings. The largest absolute Gasteiger partial charge is 0.368 e. The van der Waals surface area contributed by atoms with Crippen molar-refractivity contribution in [2.24, 2.45) is 0 Å². The number of nitrogens with zero attached hydrogens (tertiary/aromatic N) is 3. The number of hydrogen-bond donors (Lipinski definition) is 1. The van der Waals surface area contributed by atoms with Gasteiger partial charge in [0, 0.05) is 18.2 Å². The number of anilines is 1. The molecule has 0 spiro atoms. The van der Waals surface area contributed by atoms with Gasteiger partial charge in [-0.1, -0.05) is 24.9 Å². The highest BCUT2D eigenvalue weighted by Gasteiger charge is 2.18. The summed E-state index contributed by atoms with van der Waals surface area (Å²) in [6.07, 6.45) is 6.14. The number of rotatable bonds is 6. The van der Waals surface area contributed by atoms with E-state index in [9.17, 15) is 0 Å². The highest BCUT2D eigenvalue weighted by molar-refractivity contribution is 6.30. The van der Waals surface area contributed by atoms with Crippen molar-refractivity contribution in [3.05, 3.63) is 17.0 Å². The number of hydrogen-bond acceptors (Lipinski definition) is 4. The number of halogens is 1. The summed E-state index contributed by atoms with van der Waals surface area (Å²) in [6.45, 7) is 7.75. The van der Waals surface area contributed by atoms with Gasteiger partial charge in [-0.3, -0.25) is 4.90 Å². The molecule has 0 amide bonds. The zero-order chi connectivity index (χ0) is 13.7. The van der Waals surface area contributed by atoms with Crippen molar-refractivity contribution in [2.75, 3.05) is 25.0 Å². The van der Waals surface area contributed by atoms with Crippen LogP contribution < -0.4 is 5.32 Å². The molecule has 0 aliphatic carbocycles. The molecule has 1 atom stereocenters. The van der Waals surface area contributed by atoms with Gasteiger partial charge in [0.2, 0.25) is 0 Å². The lowest BCUT2D eigenvalue weighted by molar-refractivity contribution is 0.269. The minimum absolute atomic E-state index is 0.533. The fraction of sp³-hybridized carbons (Fsp3) is 0.714. The van der Waals surface area contributed by atoms with Crippen molar-refractivity contribution in [1.82, 2.24) is 14.9 Å². The lowest BCUT2D eigenvalue weighted by Gasteiger charge is -2.24. The Balaban J connectivity index is 1.96. The Morgan fingerprint density at radius 3 is 2.79 bits per heavy atom. The summed E-state index contributed by atoms with van der Waals surface area (Å²) in [7, 11) is 0. The third kappa shape index (κ3) is 3.80. The molecule has 4 nitrogen and oxygen atoms in total. The monoisotopic (exact) mass is 282 g/mol. The lowest BCUT2D eigenvalue weighted by atomic mass is 10.2. The fourth-order valence-electron chi connectivity index (χ4n) is 2.57. The first-order valence-electron chi connectivity index (χ1n) is 7.19. The predicted octanol–water partition coefficient (Wildman–Crippen LogP) is 2.98. The maximum absolute atomic E-state index is 6.15. The van der Waals surface area contributed by atoms with E-state index >= 15 is 0 Å². The van der Waals surface area contributed by atoms with Crippen LogP contribution in [-0.4, -0.2) is 40.5 Å². The lowest BCUT2D eigenvalue weighted by Crippen LogP contribution is -2.35. The van der Waals surface area contributed by atoms with Gasteiger partial charge in [-0.2, -0.15) is 0 Å². The second kappa shape index (κ2) is 7.06. The molecule has 0 aromatic carbocycles. The van der Waals surface area contributed by atoms with E-state index in [0.29, 0.717) is 11.2 Å². The fourth-order valence-corrected chi connectivity index (χ4v) is 2.80. The quantitative estimate of drug-likeness (QED) is 0.815. The van der Waals surface area contributed by atoms with Crippen LogP contribution in [0.5, 0.6) is 0 Å². The normalized spacial score (nSPS) is 17.6. The first-order valence-corrected chi connectivity index (χ1v) is 7.57. The van der Waals surface area contributed by atoms with Crippen molar-refractivity contribution < 1.29 is 0 Å². The topological polar surface area (TPSA) is 41.1 Å². The molecule has 19 heavy (non-hydrogen) atoms. The van der Waals surface area contributed by atoms with E-state index < -0.39 is 0 Å². The Labute approximate surface area is 120 Å². The van der Waals surface area contributed by atoms with Crippen LogP contribution in [0.25, 0.3) is 0 Å². The van der Waals surface area contributed by atoms with Crippen molar-refractivity contribution in [2.45, 2.75) is 45.6 Å². The molecule has 1 N–H and O–H groups in total. The van der Waals surface area contributed by atoms with Gasteiger partial charge in [0.05, 0.1) is 0 Å². The average molecular weight is 283 g/mol. The molecule has 2 heterocycles. The van der Waals surface area contributed by atoms with E-state index in [-0.39, 0.29) is 0 Å². The molecule has 1 aromatic heterocycles. The molecule has 1 aromatic rings. The zero-order valence-corrected chi connectivity index (χ0v) is 12.6. The maximum atomic E-state index is 6.15. The molecular weight excluding hydrogens is 260 g/mol. The third-order valence-corrected chi connectivity index (χ3v) is 4.05. The average Bonchev–Trinajstić information content (AvgIpc) is 2.93. The van der Waals surface area contributed by atoms with Gasteiger partial charge in [-0.25, -0.2) is 9.97 Å². The molecule has 1 fully saturated rings. The van der Waals surface area contributed by atoms with Gasteiger partial charge < -0.3 is 5.32 Å². The van der Waals surface area contributed by atoms with Crippen LogP contribution in [-0.2, 0) is 6.42 Å². The molecule has 5 heteroatoms. The maximum Gasteiger partial charge on any atom is 0.137 e. The molecule has 1 unspecified atom stereocenters. The number of likely N-dealkylation sites (tertiary alicyclic amines) is 1. The van der Waals surface area contributed by atoms with Crippen molar-refractivity contribution in [1.29, 1.82) is 0 Å². The van der Waals surface area contributed by atoms with E-state index in [1.165, 1.54) is 32.3 Å². The van der Waals surface area contributed by atoms with Gasteiger partial charge in [0.1, 0.15) is 17.3 Å². The van der Waals surface area contributed by atoms with Gasteiger partial charge >= 0.3 is 0 Å². The van der Waals surface area contributed by atoms with E-state index in [1.807, 2.05) is 0 Å². The van der Waals surface area contributed by atoms with E-state index in [0.717, 1.165) is 30.8 Å². The van der Waals surface area contributed by atoms with Gasteiger partial charge in [-0.05, 0) is 39.3 Å². The molecule has 0 bridgehead atoms. The summed E-state index contributed by atoms with van der Waals surface area (Å²) in [5.74, 6) is 0.896. The summed E-state index contributed by atoms with van der Waals surface area (Å²) >= 11 is 6.15. The smallest absolute Gasteiger partial charge is 0.137 e.